The van der Waals surface area contributed by atoms with Crippen molar-refractivity contribution in [3.8, 4) is 22.3 Å². The molecular formula is C25H23Cl2Zr-. The molecule has 0 spiro atoms. The van der Waals surface area contributed by atoms with E-state index < -0.39 is 20.8 Å². The van der Waals surface area contributed by atoms with Crippen LogP contribution >= 0.6 is 17.0 Å². The normalized spacial score (nSPS) is 10.4. The third kappa shape index (κ3) is 4.83. The van der Waals surface area contributed by atoms with E-state index in [2.05, 4.69) is 92.7 Å². The Bertz CT molecular complexity index is 1040. The van der Waals surface area contributed by atoms with Crippen LogP contribution in [0.5, 0.6) is 0 Å². The van der Waals surface area contributed by atoms with Crippen LogP contribution in [0, 0.1) is 6.92 Å². The minimum absolute atomic E-state index is 0.826. The number of rotatable bonds is 4. The summed E-state index contributed by atoms with van der Waals surface area (Å²) in [7, 11) is 9.87. The van der Waals surface area contributed by atoms with Gasteiger partial charge in [0.2, 0.25) is 0 Å². The van der Waals surface area contributed by atoms with E-state index in [0.29, 0.717) is 0 Å². The average molecular weight is 486 g/mol. The molecule has 0 saturated carbocycles. The molecule has 0 N–H and O–H groups in total. The van der Waals surface area contributed by atoms with Gasteiger partial charge in [-0.15, -0.1) is 34.5 Å². The summed E-state index contributed by atoms with van der Waals surface area (Å²) in [6, 6.07) is 28.8. The molecule has 0 aliphatic heterocycles. The molecule has 4 aromatic rings. The van der Waals surface area contributed by atoms with Crippen molar-refractivity contribution in [2.45, 2.75) is 26.7 Å². The Morgan fingerprint density at radius 2 is 1.50 bits per heavy atom. The van der Waals surface area contributed by atoms with E-state index in [4.69, 9.17) is 17.0 Å². The number of fused-ring (bicyclic) bond motifs is 1. The van der Waals surface area contributed by atoms with E-state index in [0.717, 1.165) is 12.8 Å². The van der Waals surface area contributed by atoms with Gasteiger partial charge in [-0.25, -0.2) is 0 Å². The molecule has 142 valence electrons. The van der Waals surface area contributed by atoms with Gasteiger partial charge in [0.15, 0.2) is 0 Å². The van der Waals surface area contributed by atoms with Crippen molar-refractivity contribution < 1.29 is 20.8 Å². The first kappa shape index (κ1) is 21.4. The summed E-state index contributed by atoms with van der Waals surface area (Å²) in [6.45, 7) is 4.44. The number of hydrogen-bond acceptors (Lipinski definition) is 0. The molecule has 4 aromatic carbocycles. The molecule has 0 atom stereocenters. The fraction of sp³-hybridized carbons (Fsp3) is 0.160. The van der Waals surface area contributed by atoms with Crippen molar-refractivity contribution in [1.29, 1.82) is 0 Å². The molecule has 0 nitrogen and oxygen atoms in total. The first-order valence-corrected chi connectivity index (χ1v) is 15.8. The van der Waals surface area contributed by atoms with E-state index in [1.165, 1.54) is 44.2 Å². The Kier molecular flexibility index (Phi) is 8.04. The SMILES string of the molecule is CCCc1ccc2[cH-]c(C)cc2c1-c1ccccc1-c1ccccc1.[Cl][Zr][Cl]. The van der Waals surface area contributed by atoms with E-state index >= 15 is 0 Å². The van der Waals surface area contributed by atoms with Crippen molar-refractivity contribution in [1.82, 2.24) is 0 Å². The van der Waals surface area contributed by atoms with Crippen molar-refractivity contribution in [2.24, 2.45) is 0 Å². The van der Waals surface area contributed by atoms with Crippen LogP contribution < -0.4 is 0 Å². The Labute approximate surface area is 186 Å². The molecule has 0 aromatic heterocycles. The molecule has 0 aliphatic carbocycles. The van der Waals surface area contributed by atoms with Crippen molar-refractivity contribution in [3.05, 3.63) is 90.0 Å². The first-order valence-electron chi connectivity index (χ1n) is 9.49. The second-order valence-corrected chi connectivity index (χ2v) is 10.6. The molecule has 28 heavy (non-hydrogen) atoms. The molecule has 0 aliphatic rings. The Morgan fingerprint density at radius 3 is 2.18 bits per heavy atom. The molecule has 0 radical (unpaired) electrons. The van der Waals surface area contributed by atoms with Gasteiger partial charge in [0.25, 0.3) is 0 Å². The maximum atomic E-state index is 4.93. The minimum atomic E-state index is -0.826. The third-order valence-electron chi connectivity index (χ3n) is 4.92. The van der Waals surface area contributed by atoms with Crippen molar-refractivity contribution in [2.75, 3.05) is 0 Å². The van der Waals surface area contributed by atoms with Crippen molar-refractivity contribution in [3.63, 3.8) is 0 Å². The number of halogens is 2. The molecule has 0 fully saturated rings. The van der Waals surface area contributed by atoms with E-state index in [1.807, 2.05) is 0 Å². The molecule has 4 rings (SSSR count). The molecular weight excluding hydrogens is 462 g/mol. The quantitative estimate of drug-likeness (QED) is 0.254. The topological polar surface area (TPSA) is 0 Å². The Morgan fingerprint density at radius 1 is 0.857 bits per heavy atom. The van der Waals surface area contributed by atoms with Crippen LogP contribution in [0.1, 0.15) is 24.5 Å². The maximum absolute atomic E-state index is 4.93. The second-order valence-electron chi connectivity index (χ2n) is 6.87. The van der Waals surface area contributed by atoms with Crippen LogP contribution in [0.25, 0.3) is 33.0 Å². The summed E-state index contributed by atoms with van der Waals surface area (Å²) >= 11 is -0.826. The molecule has 3 heteroatoms. The van der Waals surface area contributed by atoms with Gasteiger partial charge < -0.3 is 0 Å². The van der Waals surface area contributed by atoms with E-state index in [1.54, 1.807) is 0 Å². The predicted octanol–water partition coefficient (Wildman–Crippen LogP) is 8.53. The summed E-state index contributed by atoms with van der Waals surface area (Å²) in [4.78, 5) is 0. The molecule has 0 amide bonds. The fourth-order valence-electron chi connectivity index (χ4n) is 3.84. The summed E-state index contributed by atoms with van der Waals surface area (Å²) in [5, 5.41) is 2.72. The summed E-state index contributed by atoms with van der Waals surface area (Å²) in [5.74, 6) is 0. The molecule has 0 unspecified atom stereocenters. The van der Waals surface area contributed by atoms with Gasteiger partial charge in [-0.1, -0.05) is 86.0 Å². The predicted molar refractivity (Wildman–Crippen MR) is 121 cm³/mol. The summed E-state index contributed by atoms with van der Waals surface area (Å²) < 4.78 is 0. The Hall–Kier alpha value is -1.27. The van der Waals surface area contributed by atoms with Crippen LogP contribution in [0.4, 0.5) is 0 Å². The fourth-order valence-corrected chi connectivity index (χ4v) is 3.84. The zero-order valence-corrected chi connectivity index (χ0v) is 20.1. The van der Waals surface area contributed by atoms with Crippen LogP contribution in [-0.4, -0.2) is 0 Å². The van der Waals surface area contributed by atoms with Gasteiger partial charge in [0, 0.05) is 0 Å². The van der Waals surface area contributed by atoms with Gasteiger partial charge >= 0.3 is 37.9 Å². The molecule has 0 heterocycles. The van der Waals surface area contributed by atoms with E-state index in [9.17, 15) is 0 Å². The first-order chi connectivity index (χ1) is 13.7. The Balaban J connectivity index is 0.000000706. The van der Waals surface area contributed by atoms with Crippen molar-refractivity contribution >= 4 is 27.8 Å². The summed E-state index contributed by atoms with van der Waals surface area (Å²) in [5.41, 5.74) is 8.12. The standard InChI is InChI=1S/C25H23.2ClH.Zr/c1-3-9-20-14-15-21-16-18(2)17-24(21)25(20)23-13-8-7-12-22(23)19-10-5-4-6-11-19;;;/h4-8,10-17H,3,9H2,1-2H3;2*1H;/q-1;;;+2/p-2. The van der Waals surface area contributed by atoms with Crippen LogP contribution in [-0.2, 0) is 27.3 Å². The zero-order chi connectivity index (χ0) is 19.9. The van der Waals surface area contributed by atoms with Gasteiger partial charge in [-0.3, -0.25) is 0 Å². The van der Waals surface area contributed by atoms with Gasteiger partial charge in [0.05, 0.1) is 0 Å². The van der Waals surface area contributed by atoms with Gasteiger partial charge in [0.1, 0.15) is 0 Å². The average Bonchev–Trinajstić information content (AvgIpc) is 3.10. The zero-order valence-electron chi connectivity index (χ0n) is 16.2. The third-order valence-corrected chi connectivity index (χ3v) is 4.92. The van der Waals surface area contributed by atoms with Crippen LogP contribution in [0.15, 0.2) is 78.9 Å². The number of benzene rings is 3. The molecule has 0 saturated heterocycles. The summed E-state index contributed by atoms with van der Waals surface area (Å²) in [6.07, 6.45) is 2.27. The van der Waals surface area contributed by atoms with Gasteiger partial charge in [-0.05, 0) is 23.1 Å². The van der Waals surface area contributed by atoms with Crippen LogP contribution in [0.3, 0.4) is 0 Å². The number of hydrogen-bond donors (Lipinski definition) is 0. The van der Waals surface area contributed by atoms with E-state index in [-0.39, 0.29) is 0 Å². The monoisotopic (exact) mass is 483 g/mol. The van der Waals surface area contributed by atoms with Gasteiger partial charge in [-0.2, -0.15) is 6.07 Å². The van der Waals surface area contributed by atoms with Crippen LogP contribution in [0.2, 0.25) is 0 Å². The molecule has 0 bridgehead atoms. The number of aryl methyl sites for hydroxylation is 2. The second kappa shape index (κ2) is 10.5.